The van der Waals surface area contributed by atoms with Crippen LogP contribution < -0.4 is 0 Å². The van der Waals surface area contributed by atoms with Crippen LogP contribution in [-0.4, -0.2) is 22.4 Å². The summed E-state index contributed by atoms with van der Waals surface area (Å²) in [6, 6.07) is 13.6. The van der Waals surface area contributed by atoms with Gasteiger partial charge in [0.05, 0.1) is 5.76 Å². The summed E-state index contributed by atoms with van der Waals surface area (Å²) < 4.78 is 4.89. The molecule has 0 saturated carbocycles. The molecule has 0 aliphatic rings. The second kappa shape index (κ2) is 5.18. The smallest absolute Gasteiger partial charge is 0.481 e. The van der Waals surface area contributed by atoms with Crippen molar-refractivity contribution in [3.05, 3.63) is 59.9 Å². The van der Waals surface area contributed by atoms with Crippen molar-refractivity contribution >= 4 is 33.2 Å². The number of carbonyl (C=O) groups excluding carboxylic acids is 1. The van der Waals surface area contributed by atoms with Gasteiger partial charge in [-0.3, -0.25) is 4.79 Å². The molecular formula is C14H11AlO2. The molecule has 0 atom stereocenters. The van der Waals surface area contributed by atoms with Gasteiger partial charge in [0.2, 0.25) is 0 Å². The molecule has 0 bridgehead atoms. The first kappa shape index (κ1) is 11.9. The minimum atomic E-state index is -0.0456. The molecule has 82 valence electrons. The van der Waals surface area contributed by atoms with E-state index in [9.17, 15) is 4.79 Å². The van der Waals surface area contributed by atoms with Gasteiger partial charge in [0.25, 0.3) is 0 Å². The normalized spacial score (nSPS) is 11.5. The first-order chi connectivity index (χ1) is 8.20. The zero-order valence-corrected chi connectivity index (χ0v) is 10.7. The predicted molar refractivity (Wildman–Crippen MR) is 68.9 cm³/mol. The van der Waals surface area contributed by atoms with Crippen LogP contribution in [0, 0.1) is 0 Å². The number of fused-ring (bicyclic) bond motifs is 1. The van der Waals surface area contributed by atoms with E-state index in [1.54, 1.807) is 6.92 Å². The van der Waals surface area contributed by atoms with Crippen molar-refractivity contribution in [2.75, 3.05) is 0 Å². The summed E-state index contributed by atoms with van der Waals surface area (Å²) in [7, 11) is 0. The minimum absolute atomic E-state index is 0.0456. The maximum absolute atomic E-state index is 11.9. The molecule has 2 nitrogen and oxygen atoms in total. The monoisotopic (exact) mass is 238 g/mol. The van der Waals surface area contributed by atoms with Gasteiger partial charge in [-0.1, -0.05) is 36.4 Å². The summed E-state index contributed by atoms with van der Waals surface area (Å²) in [5.74, 6) is 0.531. The van der Waals surface area contributed by atoms with Crippen LogP contribution >= 0.6 is 0 Å². The SMILES string of the molecule is C/C(=C/C(=O)c1ccc2ccccc2c1)[O][Al]. The highest BCUT2D eigenvalue weighted by Gasteiger charge is 2.04. The molecule has 0 aliphatic heterocycles. The Morgan fingerprint density at radius 1 is 1.18 bits per heavy atom. The van der Waals surface area contributed by atoms with Gasteiger partial charge in [-0.15, -0.1) is 0 Å². The van der Waals surface area contributed by atoms with Crippen molar-refractivity contribution < 1.29 is 8.58 Å². The Labute approximate surface area is 109 Å². The van der Waals surface area contributed by atoms with Crippen molar-refractivity contribution in [3.8, 4) is 0 Å². The molecule has 2 aromatic carbocycles. The Hall–Kier alpha value is -1.56. The van der Waals surface area contributed by atoms with Crippen LogP contribution in [0.3, 0.4) is 0 Å². The van der Waals surface area contributed by atoms with Gasteiger partial charge in [0.1, 0.15) is 0 Å². The molecule has 0 spiro atoms. The number of allylic oxidation sites excluding steroid dienone is 2. The molecule has 2 rings (SSSR count). The fourth-order valence-electron chi connectivity index (χ4n) is 1.64. The molecule has 0 amide bonds. The Balaban J connectivity index is 2.40. The second-order valence-electron chi connectivity index (χ2n) is 3.80. The van der Waals surface area contributed by atoms with Gasteiger partial charge in [0.15, 0.2) is 5.78 Å². The van der Waals surface area contributed by atoms with E-state index in [2.05, 4.69) is 16.6 Å². The number of hydrogen-bond acceptors (Lipinski definition) is 2. The highest BCUT2D eigenvalue weighted by molar-refractivity contribution is 6.07. The summed E-state index contributed by atoms with van der Waals surface area (Å²) in [5, 5.41) is 2.20. The van der Waals surface area contributed by atoms with Crippen LogP contribution in [0.2, 0.25) is 0 Å². The van der Waals surface area contributed by atoms with Crippen LogP contribution in [0.1, 0.15) is 17.3 Å². The highest BCUT2D eigenvalue weighted by Crippen LogP contribution is 2.16. The van der Waals surface area contributed by atoms with Crippen LogP contribution in [0.5, 0.6) is 0 Å². The van der Waals surface area contributed by atoms with E-state index in [4.69, 9.17) is 3.79 Å². The van der Waals surface area contributed by atoms with Gasteiger partial charge in [0, 0.05) is 11.6 Å². The Bertz CT molecular complexity index is 588. The number of ketones is 1. The summed E-state index contributed by atoms with van der Waals surface area (Å²) in [6.07, 6.45) is 1.48. The van der Waals surface area contributed by atoms with Crippen molar-refractivity contribution in [1.29, 1.82) is 0 Å². The van der Waals surface area contributed by atoms with E-state index in [-0.39, 0.29) is 5.78 Å². The second-order valence-corrected chi connectivity index (χ2v) is 4.03. The van der Waals surface area contributed by atoms with E-state index in [1.165, 1.54) is 6.08 Å². The van der Waals surface area contributed by atoms with Crippen LogP contribution in [0.4, 0.5) is 0 Å². The van der Waals surface area contributed by atoms with E-state index in [1.807, 2.05) is 42.5 Å². The molecule has 2 aromatic rings. The first-order valence-electron chi connectivity index (χ1n) is 5.29. The maximum Gasteiger partial charge on any atom is 0.481 e. The predicted octanol–water partition coefficient (Wildman–Crippen LogP) is 3.03. The van der Waals surface area contributed by atoms with Crippen LogP contribution in [0.15, 0.2) is 54.3 Å². The summed E-state index contributed by atoms with van der Waals surface area (Å²) in [6.45, 7) is 1.74. The fraction of sp³-hybridized carbons (Fsp3) is 0.0714. The zero-order valence-electron chi connectivity index (χ0n) is 9.51. The van der Waals surface area contributed by atoms with Crippen molar-refractivity contribution in [2.45, 2.75) is 6.92 Å². The lowest BCUT2D eigenvalue weighted by Gasteiger charge is -2.03. The molecule has 2 radical (unpaired) electrons. The number of carbonyl (C=O) groups is 1. The molecule has 0 heterocycles. The quantitative estimate of drug-likeness (QED) is 0.355. The Morgan fingerprint density at radius 2 is 1.88 bits per heavy atom. The van der Waals surface area contributed by atoms with Gasteiger partial charge in [-0.05, 0) is 23.8 Å². The molecule has 0 saturated heterocycles. The molecule has 0 aromatic heterocycles. The molecule has 0 fully saturated rings. The first-order valence-corrected chi connectivity index (χ1v) is 5.76. The van der Waals surface area contributed by atoms with Gasteiger partial charge in [-0.25, -0.2) is 0 Å². The Kier molecular flexibility index (Phi) is 3.63. The van der Waals surface area contributed by atoms with E-state index in [0.29, 0.717) is 11.3 Å². The number of benzene rings is 2. The molecule has 0 N–H and O–H groups in total. The molecule has 0 aliphatic carbocycles. The van der Waals surface area contributed by atoms with Crippen molar-refractivity contribution in [2.24, 2.45) is 0 Å². The van der Waals surface area contributed by atoms with Gasteiger partial charge < -0.3 is 3.79 Å². The fourth-order valence-corrected chi connectivity index (χ4v) is 1.71. The number of rotatable bonds is 3. The third kappa shape index (κ3) is 2.76. The standard InChI is InChI=1S/C14H12O2.Al/c1-10(15)8-14(16)13-7-6-11-4-2-3-5-12(11)9-13;/h2-9,15H,1H3;/q;+1/p-1/b10-8-;. The lowest BCUT2D eigenvalue weighted by Crippen LogP contribution is -1.96. The van der Waals surface area contributed by atoms with Crippen LogP contribution in [-0.2, 0) is 3.79 Å². The maximum atomic E-state index is 11.9. The number of hydrogen-bond donors (Lipinski definition) is 0. The average molecular weight is 238 g/mol. The van der Waals surface area contributed by atoms with E-state index >= 15 is 0 Å². The molecule has 3 heteroatoms. The third-order valence-corrected chi connectivity index (χ3v) is 2.93. The topological polar surface area (TPSA) is 26.3 Å². The lowest BCUT2D eigenvalue weighted by atomic mass is 10.0. The van der Waals surface area contributed by atoms with Crippen LogP contribution in [0.25, 0.3) is 10.8 Å². The van der Waals surface area contributed by atoms with Gasteiger partial charge in [-0.2, -0.15) is 0 Å². The molecule has 0 unspecified atom stereocenters. The lowest BCUT2D eigenvalue weighted by molar-refractivity contribution is 0.104. The minimum Gasteiger partial charge on any atom is -0.657 e. The van der Waals surface area contributed by atoms with E-state index < -0.39 is 0 Å². The summed E-state index contributed by atoms with van der Waals surface area (Å²) >= 11 is 2.12. The summed E-state index contributed by atoms with van der Waals surface area (Å²) in [5.41, 5.74) is 0.671. The Morgan fingerprint density at radius 3 is 2.59 bits per heavy atom. The molecule has 17 heavy (non-hydrogen) atoms. The average Bonchev–Trinajstić information content (AvgIpc) is 2.38. The van der Waals surface area contributed by atoms with Crippen molar-refractivity contribution in [1.82, 2.24) is 0 Å². The zero-order chi connectivity index (χ0) is 12.3. The van der Waals surface area contributed by atoms with Crippen molar-refractivity contribution in [3.63, 3.8) is 0 Å². The third-order valence-electron chi connectivity index (χ3n) is 2.55. The summed E-state index contributed by atoms with van der Waals surface area (Å²) in [4.78, 5) is 11.9. The largest absolute Gasteiger partial charge is 0.657 e. The van der Waals surface area contributed by atoms with Gasteiger partial charge >= 0.3 is 16.6 Å². The highest BCUT2D eigenvalue weighted by atomic mass is 27.1. The van der Waals surface area contributed by atoms with E-state index in [0.717, 1.165) is 10.8 Å². The molecular weight excluding hydrogens is 227 g/mol.